The maximum atomic E-state index is 11.0. The SMILES string of the molecule is COC(=O)SCCCCC(SC(=O)OC)C(=O)O. The second-order valence-electron chi connectivity index (χ2n) is 3.20. The van der Waals surface area contributed by atoms with Crippen LogP contribution in [0, 0.1) is 0 Å². The van der Waals surface area contributed by atoms with Crippen molar-refractivity contribution in [1.82, 2.24) is 0 Å². The second-order valence-corrected chi connectivity index (χ2v) is 5.37. The molecule has 0 aromatic rings. The zero-order valence-corrected chi connectivity index (χ0v) is 11.8. The van der Waals surface area contributed by atoms with Crippen LogP contribution in [0.25, 0.3) is 0 Å². The Morgan fingerprint density at radius 3 is 2.22 bits per heavy atom. The summed E-state index contributed by atoms with van der Waals surface area (Å²) in [5, 5.41) is 7.13. The summed E-state index contributed by atoms with van der Waals surface area (Å²) in [4.78, 5) is 32.6. The van der Waals surface area contributed by atoms with E-state index in [9.17, 15) is 14.4 Å². The van der Waals surface area contributed by atoms with Crippen LogP contribution in [-0.4, -0.2) is 46.9 Å². The Kier molecular flexibility index (Phi) is 9.57. The van der Waals surface area contributed by atoms with Gasteiger partial charge in [-0.05, 0) is 36.4 Å². The maximum absolute atomic E-state index is 11.0. The molecule has 0 aliphatic carbocycles. The quantitative estimate of drug-likeness (QED) is 0.566. The second kappa shape index (κ2) is 10.1. The average molecular weight is 296 g/mol. The van der Waals surface area contributed by atoms with E-state index in [1.807, 2.05) is 0 Å². The first-order valence-electron chi connectivity index (χ1n) is 5.19. The Labute approximate surface area is 114 Å². The smallest absolute Gasteiger partial charge is 0.367 e. The van der Waals surface area contributed by atoms with Crippen molar-refractivity contribution in [2.45, 2.75) is 24.5 Å². The van der Waals surface area contributed by atoms with E-state index in [4.69, 9.17) is 5.11 Å². The van der Waals surface area contributed by atoms with Crippen LogP contribution in [0.2, 0.25) is 0 Å². The summed E-state index contributed by atoms with van der Waals surface area (Å²) in [7, 11) is 2.52. The predicted octanol–water partition coefficient (Wildman–Crippen LogP) is 2.61. The molecular formula is C10H16O6S2. The fourth-order valence-corrected chi connectivity index (χ4v) is 2.39. The maximum Gasteiger partial charge on any atom is 0.367 e. The molecule has 0 saturated heterocycles. The molecule has 1 N–H and O–H groups in total. The number of carboxylic acid groups (broad SMARTS) is 1. The number of carboxylic acids is 1. The van der Waals surface area contributed by atoms with Crippen molar-refractivity contribution in [2.24, 2.45) is 0 Å². The van der Waals surface area contributed by atoms with E-state index in [1.54, 1.807) is 0 Å². The van der Waals surface area contributed by atoms with Gasteiger partial charge in [0.05, 0.1) is 14.2 Å². The molecule has 0 radical (unpaired) electrons. The van der Waals surface area contributed by atoms with Gasteiger partial charge in [-0.25, -0.2) is 9.59 Å². The molecule has 0 aromatic carbocycles. The first-order valence-corrected chi connectivity index (χ1v) is 7.06. The lowest BCUT2D eigenvalue weighted by molar-refractivity contribution is -0.136. The number of rotatable bonds is 7. The average Bonchev–Trinajstić information content (AvgIpc) is 2.35. The van der Waals surface area contributed by atoms with Gasteiger partial charge in [0.1, 0.15) is 5.25 Å². The van der Waals surface area contributed by atoms with Gasteiger partial charge in [-0.1, -0.05) is 6.42 Å². The summed E-state index contributed by atoms with van der Waals surface area (Å²) in [6, 6.07) is 0. The van der Waals surface area contributed by atoms with Crippen LogP contribution in [0.3, 0.4) is 0 Å². The lowest BCUT2D eigenvalue weighted by Gasteiger charge is -2.09. The van der Waals surface area contributed by atoms with Crippen molar-refractivity contribution in [3.8, 4) is 0 Å². The van der Waals surface area contributed by atoms with Crippen molar-refractivity contribution in [1.29, 1.82) is 0 Å². The lowest BCUT2D eigenvalue weighted by atomic mass is 10.2. The van der Waals surface area contributed by atoms with E-state index in [0.717, 1.165) is 11.8 Å². The fraction of sp³-hybridized carbons (Fsp3) is 0.700. The summed E-state index contributed by atoms with van der Waals surface area (Å²) >= 11 is 1.71. The zero-order valence-electron chi connectivity index (χ0n) is 10.2. The van der Waals surface area contributed by atoms with Crippen molar-refractivity contribution in [2.75, 3.05) is 20.0 Å². The minimum absolute atomic E-state index is 0.353. The first kappa shape index (κ1) is 17.1. The van der Waals surface area contributed by atoms with Gasteiger partial charge in [-0.15, -0.1) is 0 Å². The van der Waals surface area contributed by atoms with Gasteiger partial charge in [0.25, 0.3) is 0 Å². The summed E-state index contributed by atoms with van der Waals surface area (Å²) in [6.07, 6.45) is 1.66. The number of aliphatic carboxylic acids is 1. The molecule has 8 heteroatoms. The van der Waals surface area contributed by atoms with Crippen LogP contribution in [-0.2, 0) is 14.3 Å². The largest absolute Gasteiger partial charge is 0.480 e. The molecule has 18 heavy (non-hydrogen) atoms. The first-order chi connectivity index (χ1) is 8.51. The molecule has 0 heterocycles. The Balaban J connectivity index is 3.81. The molecule has 0 saturated carbocycles. The van der Waals surface area contributed by atoms with Crippen LogP contribution >= 0.6 is 23.5 Å². The molecule has 0 aliphatic rings. The van der Waals surface area contributed by atoms with Gasteiger partial charge in [0.2, 0.25) is 0 Å². The number of unbranched alkanes of at least 4 members (excludes halogenated alkanes) is 1. The summed E-state index contributed by atoms with van der Waals surface area (Å²) < 4.78 is 8.85. The van der Waals surface area contributed by atoms with Crippen LogP contribution in [0.1, 0.15) is 19.3 Å². The van der Waals surface area contributed by atoms with Crippen LogP contribution < -0.4 is 0 Å². The van der Waals surface area contributed by atoms with E-state index in [2.05, 4.69) is 9.47 Å². The minimum Gasteiger partial charge on any atom is -0.480 e. The Hall–Kier alpha value is -0.890. The highest BCUT2D eigenvalue weighted by atomic mass is 32.2. The number of hydrogen-bond donors (Lipinski definition) is 1. The molecule has 1 atom stereocenters. The Morgan fingerprint density at radius 2 is 1.72 bits per heavy atom. The van der Waals surface area contributed by atoms with Crippen LogP contribution in [0.4, 0.5) is 9.59 Å². The molecule has 104 valence electrons. The third-order valence-electron chi connectivity index (χ3n) is 1.93. The molecule has 0 fully saturated rings. The van der Waals surface area contributed by atoms with Gasteiger partial charge in [-0.2, -0.15) is 0 Å². The van der Waals surface area contributed by atoms with Crippen LogP contribution in [0.15, 0.2) is 0 Å². The van der Waals surface area contributed by atoms with E-state index < -0.39 is 16.5 Å². The molecule has 0 rings (SSSR count). The highest BCUT2D eigenvalue weighted by molar-refractivity contribution is 8.14. The minimum atomic E-state index is -1.04. The Bertz CT molecular complexity index is 294. The third-order valence-corrected chi connectivity index (χ3v) is 3.90. The van der Waals surface area contributed by atoms with Crippen molar-refractivity contribution >= 4 is 40.1 Å². The van der Waals surface area contributed by atoms with E-state index in [-0.39, 0.29) is 5.30 Å². The number of methoxy groups -OCH3 is 2. The Morgan fingerprint density at radius 1 is 1.11 bits per heavy atom. The van der Waals surface area contributed by atoms with Crippen molar-refractivity contribution in [3.05, 3.63) is 0 Å². The number of ether oxygens (including phenoxy) is 2. The number of hydrogen-bond acceptors (Lipinski definition) is 7. The summed E-state index contributed by atoms with van der Waals surface area (Å²) in [5.41, 5.74) is 0. The highest BCUT2D eigenvalue weighted by Gasteiger charge is 2.22. The molecule has 0 bridgehead atoms. The molecular weight excluding hydrogens is 280 g/mol. The summed E-state index contributed by atoms with van der Waals surface area (Å²) in [6.45, 7) is 0. The van der Waals surface area contributed by atoms with E-state index in [1.165, 1.54) is 14.2 Å². The molecule has 0 amide bonds. The standard InChI is InChI=1S/C10H16O6S2/c1-15-9(13)17-6-4-3-5-7(8(11)12)18-10(14)16-2/h7H,3-6H2,1-2H3,(H,11,12). The van der Waals surface area contributed by atoms with Gasteiger partial charge < -0.3 is 14.6 Å². The molecule has 0 aromatic heterocycles. The van der Waals surface area contributed by atoms with E-state index >= 15 is 0 Å². The molecule has 0 spiro atoms. The highest BCUT2D eigenvalue weighted by Crippen LogP contribution is 2.20. The third kappa shape index (κ3) is 8.24. The topological polar surface area (TPSA) is 89.9 Å². The number of carbonyl (C=O) groups is 3. The number of carbonyl (C=O) groups excluding carboxylic acids is 2. The van der Waals surface area contributed by atoms with Gasteiger partial charge in [0.15, 0.2) is 0 Å². The normalized spacial score (nSPS) is 11.7. The van der Waals surface area contributed by atoms with E-state index in [0.29, 0.717) is 36.8 Å². The molecule has 6 nitrogen and oxygen atoms in total. The van der Waals surface area contributed by atoms with Crippen molar-refractivity contribution < 1.29 is 29.0 Å². The molecule has 1 unspecified atom stereocenters. The molecule has 0 aliphatic heterocycles. The van der Waals surface area contributed by atoms with Crippen LogP contribution in [0.5, 0.6) is 0 Å². The van der Waals surface area contributed by atoms with Gasteiger partial charge in [-0.3, -0.25) is 4.79 Å². The van der Waals surface area contributed by atoms with Gasteiger partial charge in [0, 0.05) is 5.75 Å². The monoisotopic (exact) mass is 296 g/mol. The zero-order chi connectivity index (χ0) is 14.0. The fourth-order valence-electron chi connectivity index (χ4n) is 1.04. The lowest BCUT2D eigenvalue weighted by Crippen LogP contribution is -2.18. The number of thioether (sulfide) groups is 2. The predicted molar refractivity (Wildman–Crippen MR) is 70.1 cm³/mol. The van der Waals surface area contributed by atoms with Crippen molar-refractivity contribution in [3.63, 3.8) is 0 Å². The summed E-state index contributed by atoms with van der Waals surface area (Å²) in [5.74, 6) is -0.465. The van der Waals surface area contributed by atoms with Gasteiger partial charge >= 0.3 is 16.6 Å².